The first-order valence-corrected chi connectivity index (χ1v) is 7.33. The number of aliphatic hydroxyl groups excluding tert-OH is 1. The van der Waals surface area contributed by atoms with Crippen molar-refractivity contribution in [1.82, 2.24) is 0 Å². The van der Waals surface area contributed by atoms with E-state index in [9.17, 15) is 9.50 Å². The minimum Gasteiger partial charge on any atom is -0.389 e. The van der Waals surface area contributed by atoms with Crippen molar-refractivity contribution in [2.24, 2.45) is 0 Å². The van der Waals surface area contributed by atoms with Gasteiger partial charge in [-0.2, -0.15) is 0 Å². The Bertz CT molecular complexity index is 371. The van der Waals surface area contributed by atoms with Crippen LogP contribution >= 0.6 is 0 Å². The number of unbranched alkanes of at least 4 members (excludes halogenated alkanes) is 2. The fourth-order valence-electron chi connectivity index (χ4n) is 2.24. The lowest BCUT2D eigenvalue weighted by Crippen LogP contribution is -2.28. The second-order valence-corrected chi connectivity index (χ2v) is 5.05. The summed E-state index contributed by atoms with van der Waals surface area (Å²) in [6.07, 6.45) is 3.60. The highest BCUT2D eigenvalue weighted by Crippen LogP contribution is 2.30. The molecular weight excluding hydrogens is 241 g/mol. The number of aliphatic hydroxyl groups is 1. The molecule has 0 unspecified atom stereocenters. The van der Waals surface area contributed by atoms with Crippen molar-refractivity contribution in [3.8, 4) is 0 Å². The van der Waals surface area contributed by atoms with Crippen LogP contribution in [0.1, 0.15) is 58.1 Å². The summed E-state index contributed by atoms with van der Waals surface area (Å²) in [6.45, 7) is 7.65. The Hall–Kier alpha value is -1.09. The third-order valence-corrected chi connectivity index (χ3v) is 3.35. The Balaban J connectivity index is 3.04. The van der Waals surface area contributed by atoms with E-state index in [1.54, 1.807) is 13.0 Å². The van der Waals surface area contributed by atoms with E-state index in [-0.39, 0.29) is 5.82 Å². The monoisotopic (exact) mass is 267 g/mol. The van der Waals surface area contributed by atoms with Crippen LogP contribution in [-0.4, -0.2) is 18.2 Å². The van der Waals surface area contributed by atoms with E-state index in [2.05, 4.69) is 18.7 Å². The largest absolute Gasteiger partial charge is 0.389 e. The maximum atomic E-state index is 14.2. The van der Waals surface area contributed by atoms with E-state index in [0.717, 1.165) is 38.8 Å². The van der Waals surface area contributed by atoms with Crippen molar-refractivity contribution < 1.29 is 9.50 Å². The van der Waals surface area contributed by atoms with Gasteiger partial charge in [-0.25, -0.2) is 4.39 Å². The number of benzene rings is 1. The lowest BCUT2D eigenvalue weighted by Gasteiger charge is -2.28. The van der Waals surface area contributed by atoms with E-state index >= 15 is 0 Å². The van der Waals surface area contributed by atoms with Gasteiger partial charge in [0.15, 0.2) is 0 Å². The average molecular weight is 267 g/mol. The predicted octanol–water partition coefficient (Wildman–Crippen LogP) is 4.29. The van der Waals surface area contributed by atoms with Gasteiger partial charge < -0.3 is 10.0 Å². The van der Waals surface area contributed by atoms with Crippen molar-refractivity contribution in [3.05, 3.63) is 29.6 Å². The molecule has 0 aliphatic carbocycles. The van der Waals surface area contributed by atoms with Crippen molar-refractivity contribution in [1.29, 1.82) is 0 Å². The maximum absolute atomic E-state index is 14.2. The predicted molar refractivity (Wildman–Crippen MR) is 79.1 cm³/mol. The van der Waals surface area contributed by atoms with E-state index in [1.165, 1.54) is 6.07 Å². The van der Waals surface area contributed by atoms with Gasteiger partial charge in [-0.05, 0) is 25.8 Å². The van der Waals surface area contributed by atoms with Crippen molar-refractivity contribution >= 4 is 5.69 Å². The second kappa shape index (κ2) is 8.16. The SMILES string of the molecule is CCCCN(CCCC)c1c(F)cccc1[C@@H](C)O. The molecule has 0 saturated carbocycles. The molecule has 1 N–H and O–H groups in total. The van der Waals surface area contributed by atoms with Crippen LogP contribution in [0.5, 0.6) is 0 Å². The van der Waals surface area contributed by atoms with Crippen LogP contribution in [-0.2, 0) is 0 Å². The summed E-state index contributed by atoms with van der Waals surface area (Å²) in [4.78, 5) is 2.09. The summed E-state index contributed by atoms with van der Waals surface area (Å²) in [6, 6.07) is 4.96. The van der Waals surface area contributed by atoms with Crippen molar-refractivity contribution in [2.75, 3.05) is 18.0 Å². The van der Waals surface area contributed by atoms with Crippen molar-refractivity contribution in [3.63, 3.8) is 0 Å². The summed E-state index contributed by atoms with van der Waals surface area (Å²) < 4.78 is 14.2. The number of anilines is 1. The van der Waals surface area contributed by atoms with Gasteiger partial charge in [0, 0.05) is 18.7 Å². The lowest BCUT2D eigenvalue weighted by molar-refractivity contribution is 0.199. The third kappa shape index (κ3) is 4.50. The molecule has 0 aromatic heterocycles. The van der Waals surface area contributed by atoms with E-state index in [1.807, 2.05) is 6.07 Å². The van der Waals surface area contributed by atoms with Gasteiger partial charge in [0.05, 0.1) is 11.8 Å². The molecule has 3 heteroatoms. The molecule has 1 aromatic rings. The van der Waals surface area contributed by atoms with Gasteiger partial charge in [-0.1, -0.05) is 38.8 Å². The number of nitrogens with zero attached hydrogens (tertiary/aromatic N) is 1. The fourth-order valence-corrected chi connectivity index (χ4v) is 2.24. The molecule has 0 spiro atoms. The van der Waals surface area contributed by atoms with Crippen LogP contribution in [0, 0.1) is 5.82 Å². The molecule has 0 amide bonds. The van der Waals surface area contributed by atoms with Gasteiger partial charge in [0.1, 0.15) is 5.82 Å². The zero-order valence-electron chi connectivity index (χ0n) is 12.3. The molecule has 1 atom stereocenters. The highest BCUT2D eigenvalue weighted by Gasteiger charge is 2.18. The van der Waals surface area contributed by atoms with Crippen LogP contribution in [0.25, 0.3) is 0 Å². The normalized spacial score (nSPS) is 12.5. The Morgan fingerprint density at radius 3 is 2.21 bits per heavy atom. The third-order valence-electron chi connectivity index (χ3n) is 3.35. The number of hydrogen-bond acceptors (Lipinski definition) is 2. The molecule has 0 fully saturated rings. The molecule has 2 nitrogen and oxygen atoms in total. The van der Waals surface area contributed by atoms with Gasteiger partial charge in [-0.3, -0.25) is 0 Å². The number of para-hydroxylation sites is 1. The zero-order chi connectivity index (χ0) is 14.3. The van der Waals surface area contributed by atoms with E-state index in [4.69, 9.17) is 0 Å². The van der Waals surface area contributed by atoms with Crippen LogP contribution in [0.3, 0.4) is 0 Å². The average Bonchev–Trinajstić information content (AvgIpc) is 2.39. The summed E-state index contributed by atoms with van der Waals surface area (Å²) in [5.41, 5.74) is 1.27. The highest BCUT2D eigenvalue weighted by atomic mass is 19.1. The Morgan fingerprint density at radius 2 is 1.74 bits per heavy atom. The fraction of sp³-hybridized carbons (Fsp3) is 0.625. The zero-order valence-corrected chi connectivity index (χ0v) is 12.3. The lowest BCUT2D eigenvalue weighted by atomic mass is 10.1. The standard InChI is InChI=1S/C16H26FNO/c1-4-6-11-18(12-7-5-2)16-14(13(3)19)9-8-10-15(16)17/h8-10,13,19H,4-7,11-12H2,1-3H3/t13-/m1/s1. The smallest absolute Gasteiger partial charge is 0.146 e. The van der Waals surface area contributed by atoms with E-state index < -0.39 is 6.10 Å². The number of rotatable bonds is 8. The highest BCUT2D eigenvalue weighted by molar-refractivity contribution is 5.55. The summed E-state index contributed by atoms with van der Waals surface area (Å²) in [5, 5.41) is 9.84. The topological polar surface area (TPSA) is 23.5 Å². The van der Waals surface area contributed by atoms with Gasteiger partial charge >= 0.3 is 0 Å². The van der Waals surface area contributed by atoms with Gasteiger partial charge in [0.25, 0.3) is 0 Å². The number of hydrogen-bond donors (Lipinski definition) is 1. The van der Waals surface area contributed by atoms with Gasteiger partial charge in [-0.15, -0.1) is 0 Å². The van der Waals surface area contributed by atoms with Crippen LogP contribution in [0.4, 0.5) is 10.1 Å². The molecule has 19 heavy (non-hydrogen) atoms. The summed E-state index contributed by atoms with van der Waals surface area (Å²) in [7, 11) is 0. The molecule has 1 rings (SSSR count). The molecule has 0 heterocycles. The molecule has 1 aromatic carbocycles. The Labute approximate surface area is 116 Å². The first-order valence-electron chi connectivity index (χ1n) is 7.33. The molecule has 0 aliphatic heterocycles. The molecule has 0 bridgehead atoms. The summed E-state index contributed by atoms with van der Waals surface area (Å²) in [5.74, 6) is -0.231. The maximum Gasteiger partial charge on any atom is 0.146 e. The quantitative estimate of drug-likeness (QED) is 0.759. The van der Waals surface area contributed by atoms with Gasteiger partial charge in [0.2, 0.25) is 0 Å². The van der Waals surface area contributed by atoms with Crippen LogP contribution in [0.2, 0.25) is 0 Å². The van der Waals surface area contributed by atoms with Crippen LogP contribution in [0.15, 0.2) is 18.2 Å². The second-order valence-electron chi connectivity index (χ2n) is 5.05. The minimum absolute atomic E-state index is 0.231. The molecular formula is C16H26FNO. The Kier molecular flexibility index (Phi) is 6.85. The Morgan fingerprint density at radius 1 is 1.16 bits per heavy atom. The minimum atomic E-state index is -0.642. The molecule has 0 aliphatic rings. The molecule has 108 valence electrons. The van der Waals surface area contributed by atoms with Crippen LogP contribution < -0.4 is 4.90 Å². The van der Waals surface area contributed by atoms with E-state index in [0.29, 0.717) is 11.3 Å². The molecule has 0 saturated heterocycles. The first kappa shape index (κ1) is 16.0. The number of halogens is 1. The first-order chi connectivity index (χ1) is 9.11. The summed E-state index contributed by atoms with van der Waals surface area (Å²) >= 11 is 0. The van der Waals surface area contributed by atoms with Crippen molar-refractivity contribution in [2.45, 2.75) is 52.6 Å². The molecule has 0 radical (unpaired) electrons.